The topological polar surface area (TPSA) is 27.7 Å². The van der Waals surface area contributed by atoms with Crippen molar-refractivity contribution < 1.29 is 14.2 Å². The van der Waals surface area contributed by atoms with Gasteiger partial charge in [-0.25, -0.2) is 0 Å². The first-order valence-corrected chi connectivity index (χ1v) is 9.87. The summed E-state index contributed by atoms with van der Waals surface area (Å²) in [7, 11) is 3.44. The molecule has 0 bridgehead atoms. The molecule has 2 atom stereocenters. The first kappa shape index (κ1) is 20.6. The van der Waals surface area contributed by atoms with Gasteiger partial charge in [0, 0.05) is 49.2 Å². The third kappa shape index (κ3) is 6.83. The summed E-state index contributed by atoms with van der Waals surface area (Å²) in [5.74, 6) is 0. The van der Waals surface area contributed by atoms with Gasteiger partial charge in [-0.2, -0.15) is 0 Å². The Balaban J connectivity index is 2.20. The average Bonchev–Trinajstić information content (AvgIpc) is 2.63. The van der Waals surface area contributed by atoms with Crippen molar-refractivity contribution in [3.05, 3.63) is 68.6 Å². The Morgan fingerprint density at radius 1 is 0.680 bits per heavy atom. The van der Waals surface area contributed by atoms with E-state index in [9.17, 15) is 0 Å². The number of ether oxygens (including phenoxy) is 3. The van der Waals surface area contributed by atoms with E-state index in [1.165, 1.54) is 0 Å². The Kier molecular flexibility index (Phi) is 9.13. The molecule has 0 spiro atoms. The van der Waals surface area contributed by atoms with Crippen molar-refractivity contribution in [2.75, 3.05) is 27.4 Å². The summed E-state index contributed by atoms with van der Waals surface area (Å²) < 4.78 is 19.2. The molecule has 3 nitrogen and oxygen atoms in total. The van der Waals surface area contributed by atoms with Crippen molar-refractivity contribution in [3.8, 4) is 0 Å². The minimum atomic E-state index is -0.0291. The maximum atomic E-state index is 6.52. The molecule has 0 heterocycles. The summed E-state index contributed by atoms with van der Waals surface area (Å²) in [5, 5.41) is 0. The summed E-state index contributed by atoms with van der Waals surface area (Å²) in [4.78, 5) is 0. The molecule has 2 aromatic carbocycles. The van der Waals surface area contributed by atoms with Crippen molar-refractivity contribution >= 4 is 31.9 Å². The van der Waals surface area contributed by atoms with E-state index in [1.54, 1.807) is 14.2 Å². The molecule has 2 unspecified atom stereocenters. The van der Waals surface area contributed by atoms with E-state index in [1.807, 2.05) is 24.3 Å². The summed E-state index contributed by atoms with van der Waals surface area (Å²) in [5.41, 5.74) is 2.31. The zero-order valence-electron chi connectivity index (χ0n) is 14.6. The van der Waals surface area contributed by atoms with Crippen molar-refractivity contribution in [2.24, 2.45) is 0 Å². The SMILES string of the molecule is COCCC(OC(CCOC)c1ccc(Br)cc1)c1ccc(Br)cc1. The molecule has 0 aromatic heterocycles. The van der Waals surface area contributed by atoms with E-state index in [0.717, 1.165) is 32.9 Å². The van der Waals surface area contributed by atoms with Gasteiger partial charge < -0.3 is 14.2 Å². The van der Waals surface area contributed by atoms with E-state index in [-0.39, 0.29) is 12.2 Å². The number of halogens is 2. The lowest BCUT2D eigenvalue weighted by Crippen LogP contribution is -2.14. The number of hydrogen-bond acceptors (Lipinski definition) is 3. The van der Waals surface area contributed by atoms with Crippen molar-refractivity contribution in [3.63, 3.8) is 0 Å². The molecule has 5 heteroatoms. The molecule has 0 saturated carbocycles. The summed E-state index contributed by atoms with van der Waals surface area (Å²) in [6, 6.07) is 16.6. The Bertz CT molecular complexity index is 558. The van der Waals surface area contributed by atoms with Gasteiger partial charge in [0.05, 0.1) is 12.2 Å². The standard InChI is InChI=1S/C20H24Br2O3/c1-23-13-11-19(15-3-7-17(21)8-4-15)25-20(12-14-24-2)16-5-9-18(22)10-6-16/h3-10,19-20H,11-14H2,1-2H3. The van der Waals surface area contributed by atoms with Gasteiger partial charge in [0.1, 0.15) is 0 Å². The van der Waals surface area contributed by atoms with Crippen molar-refractivity contribution in [1.29, 1.82) is 0 Å². The molecule has 0 aliphatic heterocycles. The molecule has 25 heavy (non-hydrogen) atoms. The van der Waals surface area contributed by atoms with Crippen LogP contribution in [0.2, 0.25) is 0 Å². The monoisotopic (exact) mass is 470 g/mol. The number of rotatable bonds is 10. The highest BCUT2D eigenvalue weighted by molar-refractivity contribution is 9.10. The fraction of sp³-hybridized carbons (Fsp3) is 0.400. The molecule has 0 fully saturated rings. The average molecular weight is 472 g/mol. The number of hydrogen-bond donors (Lipinski definition) is 0. The second-order valence-corrected chi connectivity index (χ2v) is 7.61. The quantitative estimate of drug-likeness (QED) is 0.420. The zero-order valence-corrected chi connectivity index (χ0v) is 17.8. The van der Waals surface area contributed by atoms with Crippen LogP contribution < -0.4 is 0 Å². The van der Waals surface area contributed by atoms with Gasteiger partial charge in [-0.3, -0.25) is 0 Å². The molecule has 2 aromatic rings. The van der Waals surface area contributed by atoms with Crippen LogP contribution in [0.4, 0.5) is 0 Å². The Morgan fingerprint density at radius 2 is 1.04 bits per heavy atom. The van der Waals surface area contributed by atoms with Crippen LogP contribution in [0.25, 0.3) is 0 Å². The normalized spacial score (nSPS) is 13.6. The Morgan fingerprint density at radius 3 is 1.36 bits per heavy atom. The number of methoxy groups -OCH3 is 2. The lowest BCUT2D eigenvalue weighted by atomic mass is 10.0. The molecule has 0 N–H and O–H groups in total. The lowest BCUT2D eigenvalue weighted by molar-refractivity contribution is -0.0419. The summed E-state index contributed by atoms with van der Waals surface area (Å²) >= 11 is 6.98. The van der Waals surface area contributed by atoms with E-state index in [4.69, 9.17) is 14.2 Å². The predicted octanol–water partition coefficient (Wildman–Crippen LogP) is 6.08. The highest BCUT2D eigenvalue weighted by atomic mass is 79.9. The first-order chi connectivity index (χ1) is 12.1. The van der Waals surface area contributed by atoms with Crippen molar-refractivity contribution in [2.45, 2.75) is 25.0 Å². The van der Waals surface area contributed by atoms with Crippen LogP contribution in [0.15, 0.2) is 57.5 Å². The minimum absolute atomic E-state index is 0.0291. The van der Waals surface area contributed by atoms with Gasteiger partial charge in [0.2, 0.25) is 0 Å². The van der Waals surface area contributed by atoms with Crippen molar-refractivity contribution in [1.82, 2.24) is 0 Å². The summed E-state index contributed by atoms with van der Waals surface area (Å²) in [6.07, 6.45) is 1.55. The fourth-order valence-electron chi connectivity index (χ4n) is 2.63. The van der Waals surface area contributed by atoms with Gasteiger partial charge in [-0.05, 0) is 35.4 Å². The van der Waals surface area contributed by atoms with Crippen LogP contribution in [-0.4, -0.2) is 27.4 Å². The van der Waals surface area contributed by atoms with E-state index >= 15 is 0 Å². The Hall–Kier alpha value is -0.720. The molecule has 0 aliphatic rings. The van der Waals surface area contributed by atoms with Crippen LogP contribution in [0.5, 0.6) is 0 Å². The summed E-state index contributed by atoms with van der Waals surface area (Å²) in [6.45, 7) is 1.30. The second-order valence-electron chi connectivity index (χ2n) is 5.78. The lowest BCUT2D eigenvalue weighted by Gasteiger charge is -2.26. The van der Waals surface area contributed by atoms with Gasteiger partial charge in [-0.15, -0.1) is 0 Å². The maximum Gasteiger partial charge on any atom is 0.0855 e. The van der Waals surface area contributed by atoms with E-state index in [2.05, 4.69) is 56.1 Å². The van der Waals surface area contributed by atoms with E-state index < -0.39 is 0 Å². The molecule has 0 aliphatic carbocycles. The van der Waals surface area contributed by atoms with Crippen LogP contribution in [-0.2, 0) is 14.2 Å². The number of benzene rings is 2. The van der Waals surface area contributed by atoms with E-state index in [0.29, 0.717) is 13.2 Å². The first-order valence-electron chi connectivity index (χ1n) is 8.28. The maximum absolute atomic E-state index is 6.52. The van der Waals surface area contributed by atoms with Crippen LogP contribution in [0.1, 0.15) is 36.2 Å². The molecule has 2 rings (SSSR count). The highest BCUT2D eigenvalue weighted by Crippen LogP contribution is 2.32. The second kappa shape index (κ2) is 11.1. The molecule has 0 radical (unpaired) electrons. The third-order valence-electron chi connectivity index (χ3n) is 3.98. The van der Waals surface area contributed by atoms with Crippen LogP contribution in [0.3, 0.4) is 0 Å². The minimum Gasteiger partial charge on any atom is -0.385 e. The largest absolute Gasteiger partial charge is 0.385 e. The van der Waals surface area contributed by atoms with Gasteiger partial charge in [-0.1, -0.05) is 56.1 Å². The molecular formula is C20H24Br2O3. The van der Waals surface area contributed by atoms with Gasteiger partial charge in [0.15, 0.2) is 0 Å². The molecular weight excluding hydrogens is 448 g/mol. The third-order valence-corrected chi connectivity index (χ3v) is 5.04. The smallest absolute Gasteiger partial charge is 0.0855 e. The highest BCUT2D eigenvalue weighted by Gasteiger charge is 2.20. The fourth-order valence-corrected chi connectivity index (χ4v) is 3.16. The Labute approximate surface area is 166 Å². The zero-order chi connectivity index (χ0) is 18.1. The predicted molar refractivity (Wildman–Crippen MR) is 108 cm³/mol. The molecule has 136 valence electrons. The van der Waals surface area contributed by atoms with Gasteiger partial charge in [0.25, 0.3) is 0 Å². The van der Waals surface area contributed by atoms with Crippen LogP contribution >= 0.6 is 31.9 Å². The molecule has 0 saturated heterocycles. The van der Waals surface area contributed by atoms with Gasteiger partial charge >= 0.3 is 0 Å². The van der Waals surface area contributed by atoms with Crippen LogP contribution in [0, 0.1) is 0 Å². The molecule has 0 amide bonds.